The molecule has 0 spiro atoms. The second kappa shape index (κ2) is 5.91. The highest BCUT2D eigenvalue weighted by atomic mass is 32.2. The molecule has 1 aromatic heterocycles. The Morgan fingerprint density at radius 3 is 2.81 bits per heavy atom. The fourth-order valence-electron chi connectivity index (χ4n) is 4.05. The smallest absolute Gasteiger partial charge is 0.285 e. The zero-order valence-corrected chi connectivity index (χ0v) is 15.5. The topological polar surface area (TPSA) is 87.9 Å². The summed E-state index contributed by atoms with van der Waals surface area (Å²) in [6.45, 7) is 2.09. The molecule has 2 aromatic rings. The fraction of sp³-hybridized carbons (Fsp3) is 0.389. The standard InChI is InChI=1S/C18H19N5O3S/c24-17-6-3-8-22(17)14-10-19-23(12-14)13-7-9-21(11-13)18-15-4-1-2-5-16(15)27(25,26)20-18/h1-2,4-5,10,12-13H,3,6-9,11H2. The van der Waals surface area contributed by atoms with Crippen molar-refractivity contribution in [3.05, 3.63) is 42.2 Å². The number of carbonyl (C=O) groups is 1. The minimum absolute atomic E-state index is 0.120. The molecule has 0 N–H and O–H groups in total. The molecule has 1 atom stereocenters. The van der Waals surface area contributed by atoms with Crippen LogP contribution in [-0.2, 0) is 14.8 Å². The molecule has 0 radical (unpaired) electrons. The van der Waals surface area contributed by atoms with Crippen molar-refractivity contribution in [1.29, 1.82) is 0 Å². The minimum Gasteiger partial charge on any atom is -0.353 e. The summed E-state index contributed by atoms with van der Waals surface area (Å²) >= 11 is 0. The van der Waals surface area contributed by atoms with E-state index in [1.807, 2.05) is 21.8 Å². The van der Waals surface area contributed by atoms with Crippen molar-refractivity contribution in [2.75, 3.05) is 24.5 Å². The molecule has 3 aliphatic rings. The first-order valence-electron chi connectivity index (χ1n) is 9.07. The summed E-state index contributed by atoms with van der Waals surface area (Å²) in [7, 11) is -3.61. The number of fused-ring (bicyclic) bond motifs is 1. The van der Waals surface area contributed by atoms with E-state index in [2.05, 4.69) is 9.50 Å². The Labute approximate surface area is 157 Å². The Hall–Kier alpha value is -2.68. The maximum absolute atomic E-state index is 12.3. The van der Waals surface area contributed by atoms with Crippen molar-refractivity contribution in [2.24, 2.45) is 4.40 Å². The average Bonchev–Trinajstić information content (AvgIpc) is 3.41. The van der Waals surface area contributed by atoms with Crippen LogP contribution < -0.4 is 4.90 Å². The van der Waals surface area contributed by atoms with Gasteiger partial charge in [0.2, 0.25) is 5.91 Å². The summed E-state index contributed by atoms with van der Waals surface area (Å²) in [5.74, 6) is 0.667. The SMILES string of the molecule is O=C1CCCN1c1cnn(C2CCN(C3=NS(=O)(=O)c4ccccc43)C2)c1. The molecule has 0 bridgehead atoms. The van der Waals surface area contributed by atoms with Crippen molar-refractivity contribution in [1.82, 2.24) is 14.7 Å². The number of carbonyl (C=O) groups excluding carboxylic acids is 1. The minimum atomic E-state index is -3.61. The third kappa shape index (κ3) is 2.64. The number of amides is 1. The number of hydrogen-bond donors (Lipinski definition) is 0. The van der Waals surface area contributed by atoms with E-state index in [0.29, 0.717) is 30.9 Å². The van der Waals surface area contributed by atoms with Crippen molar-refractivity contribution < 1.29 is 13.2 Å². The Morgan fingerprint density at radius 1 is 1.15 bits per heavy atom. The summed E-state index contributed by atoms with van der Waals surface area (Å²) in [4.78, 5) is 16.0. The third-order valence-corrected chi connectivity index (χ3v) is 6.75. The summed E-state index contributed by atoms with van der Waals surface area (Å²) in [5, 5.41) is 4.45. The number of hydrogen-bond acceptors (Lipinski definition) is 5. The second-order valence-corrected chi connectivity index (χ2v) is 8.67. The average molecular weight is 385 g/mol. The zero-order chi connectivity index (χ0) is 18.6. The molecule has 27 heavy (non-hydrogen) atoms. The van der Waals surface area contributed by atoms with Gasteiger partial charge < -0.3 is 9.80 Å². The lowest BCUT2D eigenvalue weighted by molar-refractivity contribution is -0.117. The van der Waals surface area contributed by atoms with Crippen LogP contribution in [0.4, 0.5) is 5.69 Å². The summed E-state index contributed by atoms with van der Waals surface area (Å²) in [6, 6.07) is 7.07. The Morgan fingerprint density at radius 2 is 2.00 bits per heavy atom. The molecule has 9 heteroatoms. The fourth-order valence-corrected chi connectivity index (χ4v) is 5.28. The van der Waals surface area contributed by atoms with Crippen molar-refractivity contribution in [3.8, 4) is 0 Å². The summed E-state index contributed by atoms with van der Waals surface area (Å²) < 4.78 is 30.5. The van der Waals surface area contributed by atoms with E-state index in [0.717, 1.165) is 25.1 Å². The van der Waals surface area contributed by atoms with E-state index in [4.69, 9.17) is 0 Å². The van der Waals surface area contributed by atoms with Crippen LogP contribution >= 0.6 is 0 Å². The summed E-state index contributed by atoms with van der Waals surface area (Å²) in [6.07, 6.45) is 5.97. The number of sulfonamides is 1. The number of anilines is 1. The molecule has 5 rings (SSSR count). The lowest BCUT2D eigenvalue weighted by Crippen LogP contribution is -2.29. The monoisotopic (exact) mass is 385 g/mol. The Bertz CT molecular complexity index is 1060. The second-order valence-electron chi connectivity index (χ2n) is 7.10. The van der Waals surface area contributed by atoms with Crippen LogP contribution in [0.15, 0.2) is 46.0 Å². The largest absolute Gasteiger partial charge is 0.353 e. The molecule has 0 saturated carbocycles. The first kappa shape index (κ1) is 16.5. The maximum atomic E-state index is 12.3. The molecule has 4 heterocycles. The molecule has 3 aliphatic heterocycles. The number of rotatable bonds is 2. The molecular weight excluding hydrogens is 366 g/mol. The van der Waals surface area contributed by atoms with Gasteiger partial charge in [0.1, 0.15) is 4.90 Å². The van der Waals surface area contributed by atoms with Gasteiger partial charge in [-0.15, -0.1) is 4.40 Å². The lowest BCUT2D eigenvalue weighted by Gasteiger charge is -2.18. The molecular formula is C18H19N5O3S. The van der Waals surface area contributed by atoms with Crippen LogP contribution in [0, 0.1) is 0 Å². The van der Waals surface area contributed by atoms with Gasteiger partial charge in [0.15, 0.2) is 5.84 Å². The van der Waals surface area contributed by atoms with E-state index in [1.165, 1.54) is 0 Å². The first-order chi connectivity index (χ1) is 13.0. The highest BCUT2D eigenvalue weighted by molar-refractivity contribution is 7.90. The van der Waals surface area contributed by atoms with E-state index < -0.39 is 10.0 Å². The van der Waals surface area contributed by atoms with Crippen LogP contribution in [0.3, 0.4) is 0 Å². The van der Waals surface area contributed by atoms with Crippen molar-refractivity contribution >= 4 is 27.5 Å². The molecule has 0 aliphatic carbocycles. The third-order valence-electron chi connectivity index (χ3n) is 5.42. The Balaban J connectivity index is 1.37. The van der Waals surface area contributed by atoms with Crippen molar-refractivity contribution in [3.63, 3.8) is 0 Å². The van der Waals surface area contributed by atoms with Gasteiger partial charge in [-0.25, -0.2) is 0 Å². The molecule has 2 fully saturated rings. The quantitative estimate of drug-likeness (QED) is 0.780. The predicted octanol–water partition coefficient (Wildman–Crippen LogP) is 1.41. The highest BCUT2D eigenvalue weighted by Crippen LogP contribution is 2.32. The van der Waals surface area contributed by atoms with Gasteiger partial charge in [0.05, 0.1) is 17.9 Å². The van der Waals surface area contributed by atoms with Gasteiger partial charge in [-0.1, -0.05) is 12.1 Å². The molecule has 2 saturated heterocycles. The number of aromatic nitrogens is 2. The van der Waals surface area contributed by atoms with Crippen LogP contribution in [0.25, 0.3) is 0 Å². The van der Waals surface area contributed by atoms with Gasteiger partial charge in [0.25, 0.3) is 10.0 Å². The normalized spacial score (nSPS) is 23.8. The molecule has 8 nitrogen and oxygen atoms in total. The Kier molecular flexibility index (Phi) is 3.61. The van der Waals surface area contributed by atoms with E-state index in [1.54, 1.807) is 29.3 Å². The van der Waals surface area contributed by atoms with Gasteiger partial charge in [-0.2, -0.15) is 13.5 Å². The van der Waals surface area contributed by atoms with Gasteiger partial charge >= 0.3 is 0 Å². The maximum Gasteiger partial charge on any atom is 0.285 e. The molecule has 1 amide bonds. The van der Waals surface area contributed by atoms with E-state index in [9.17, 15) is 13.2 Å². The number of benzene rings is 1. The van der Waals surface area contributed by atoms with Crippen LogP contribution in [0.1, 0.15) is 30.9 Å². The van der Waals surface area contributed by atoms with Crippen LogP contribution in [0.5, 0.6) is 0 Å². The molecule has 1 unspecified atom stereocenters. The van der Waals surface area contributed by atoms with E-state index in [-0.39, 0.29) is 16.8 Å². The van der Waals surface area contributed by atoms with E-state index >= 15 is 0 Å². The number of likely N-dealkylation sites (tertiary alicyclic amines) is 1. The molecule has 1 aromatic carbocycles. The summed E-state index contributed by atoms with van der Waals surface area (Å²) in [5.41, 5.74) is 1.50. The number of nitrogens with zero attached hydrogens (tertiary/aromatic N) is 5. The van der Waals surface area contributed by atoms with Gasteiger partial charge in [0, 0.05) is 37.8 Å². The van der Waals surface area contributed by atoms with Crippen LogP contribution in [-0.4, -0.2) is 54.5 Å². The first-order valence-corrected chi connectivity index (χ1v) is 10.5. The lowest BCUT2D eigenvalue weighted by atomic mass is 10.2. The number of amidine groups is 1. The zero-order valence-electron chi connectivity index (χ0n) is 14.7. The predicted molar refractivity (Wildman–Crippen MR) is 99.2 cm³/mol. The van der Waals surface area contributed by atoms with Crippen LogP contribution in [0.2, 0.25) is 0 Å². The molecule has 140 valence electrons. The van der Waals surface area contributed by atoms with Gasteiger partial charge in [-0.3, -0.25) is 9.48 Å². The highest BCUT2D eigenvalue weighted by Gasteiger charge is 2.35. The van der Waals surface area contributed by atoms with Crippen molar-refractivity contribution in [2.45, 2.75) is 30.2 Å². The van der Waals surface area contributed by atoms with Gasteiger partial charge in [-0.05, 0) is 25.0 Å².